The van der Waals surface area contributed by atoms with E-state index in [1.54, 1.807) is 18.5 Å². The van der Waals surface area contributed by atoms with Crippen LogP contribution in [0.25, 0.3) is 0 Å². The van der Waals surface area contributed by atoms with Gasteiger partial charge in [-0.25, -0.2) is 8.78 Å². The maximum Gasteiger partial charge on any atom is 0.162 e. The van der Waals surface area contributed by atoms with Crippen molar-refractivity contribution in [2.24, 2.45) is 5.84 Å². The number of nitrogens with two attached hydrogens (primary N) is 1. The number of aromatic nitrogens is 1. The molecule has 0 aliphatic carbocycles. The summed E-state index contributed by atoms with van der Waals surface area (Å²) in [6.45, 7) is 0. The van der Waals surface area contributed by atoms with E-state index in [-0.39, 0.29) is 6.04 Å². The molecule has 1 heterocycles. The molecular formula is C15H17F2N3. The summed E-state index contributed by atoms with van der Waals surface area (Å²) in [7, 11) is 0. The minimum Gasteiger partial charge on any atom is -0.271 e. The van der Waals surface area contributed by atoms with Crippen LogP contribution in [0.2, 0.25) is 0 Å². The Morgan fingerprint density at radius 3 is 2.75 bits per heavy atom. The molecule has 0 saturated carbocycles. The van der Waals surface area contributed by atoms with Gasteiger partial charge in [0.25, 0.3) is 0 Å². The predicted octanol–water partition coefficient (Wildman–Crippen LogP) is 2.37. The van der Waals surface area contributed by atoms with Gasteiger partial charge in [0.05, 0.1) is 0 Å². The Morgan fingerprint density at radius 2 is 2.05 bits per heavy atom. The van der Waals surface area contributed by atoms with Gasteiger partial charge < -0.3 is 0 Å². The van der Waals surface area contributed by atoms with Crippen molar-refractivity contribution in [1.29, 1.82) is 0 Å². The highest BCUT2D eigenvalue weighted by Crippen LogP contribution is 2.15. The summed E-state index contributed by atoms with van der Waals surface area (Å²) in [6, 6.07) is 7.91. The molecule has 106 valence electrons. The van der Waals surface area contributed by atoms with Crippen molar-refractivity contribution in [3.8, 4) is 0 Å². The van der Waals surface area contributed by atoms with Crippen molar-refractivity contribution < 1.29 is 8.78 Å². The standard InChI is InChI=1S/C15H17F2N3/c16-14-5-1-4-12(15(14)17)9-13(20-18)7-6-11-3-2-8-19-10-11/h1-5,8,10,13,20H,6-7,9,18H2. The maximum absolute atomic E-state index is 13.6. The summed E-state index contributed by atoms with van der Waals surface area (Å²) in [6.07, 6.45) is 5.35. The van der Waals surface area contributed by atoms with Crippen LogP contribution >= 0.6 is 0 Å². The zero-order chi connectivity index (χ0) is 14.4. The van der Waals surface area contributed by atoms with Gasteiger partial charge in [-0.15, -0.1) is 0 Å². The lowest BCUT2D eigenvalue weighted by Gasteiger charge is -2.16. The molecule has 0 spiro atoms. The number of benzene rings is 1. The molecule has 0 aliphatic heterocycles. The molecule has 3 nitrogen and oxygen atoms in total. The third kappa shape index (κ3) is 3.82. The number of halogens is 2. The summed E-state index contributed by atoms with van der Waals surface area (Å²) in [5.74, 6) is 3.87. The van der Waals surface area contributed by atoms with Crippen LogP contribution in [0.4, 0.5) is 8.78 Å². The van der Waals surface area contributed by atoms with Crippen molar-refractivity contribution in [1.82, 2.24) is 10.4 Å². The van der Waals surface area contributed by atoms with Gasteiger partial charge in [0.2, 0.25) is 0 Å². The Morgan fingerprint density at radius 1 is 1.20 bits per heavy atom. The van der Waals surface area contributed by atoms with E-state index < -0.39 is 11.6 Å². The van der Waals surface area contributed by atoms with Crippen molar-refractivity contribution in [3.05, 3.63) is 65.5 Å². The fourth-order valence-corrected chi connectivity index (χ4v) is 2.10. The third-order valence-corrected chi connectivity index (χ3v) is 3.24. The van der Waals surface area contributed by atoms with E-state index in [2.05, 4.69) is 10.4 Å². The van der Waals surface area contributed by atoms with Crippen molar-refractivity contribution in [2.75, 3.05) is 0 Å². The Bertz CT molecular complexity index is 546. The molecule has 1 atom stereocenters. The minimum atomic E-state index is -0.828. The van der Waals surface area contributed by atoms with Gasteiger partial charge >= 0.3 is 0 Å². The van der Waals surface area contributed by atoms with Crippen LogP contribution in [0, 0.1) is 11.6 Å². The number of hydrazine groups is 1. The number of nitrogens with zero attached hydrogens (tertiary/aromatic N) is 1. The number of hydrogen-bond donors (Lipinski definition) is 2. The molecule has 0 amide bonds. The number of hydrogen-bond acceptors (Lipinski definition) is 3. The highest BCUT2D eigenvalue weighted by atomic mass is 19.2. The summed E-state index contributed by atoms with van der Waals surface area (Å²) in [5, 5.41) is 0. The average molecular weight is 277 g/mol. The number of aryl methyl sites for hydroxylation is 1. The first-order valence-electron chi connectivity index (χ1n) is 6.48. The van der Waals surface area contributed by atoms with Gasteiger partial charge in [-0.2, -0.15) is 0 Å². The molecule has 1 aromatic carbocycles. The average Bonchev–Trinajstić information content (AvgIpc) is 2.49. The molecule has 2 aromatic rings. The monoisotopic (exact) mass is 277 g/mol. The molecular weight excluding hydrogens is 260 g/mol. The van der Waals surface area contributed by atoms with Gasteiger partial charge in [0.15, 0.2) is 11.6 Å². The molecule has 5 heteroatoms. The van der Waals surface area contributed by atoms with E-state index in [1.807, 2.05) is 12.1 Å². The van der Waals surface area contributed by atoms with Gasteiger partial charge in [0.1, 0.15) is 0 Å². The van der Waals surface area contributed by atoms with E-state index >= 15 is 0 Å². The Labute approximate surface area is 116 Å². The predicted molar refractivity (Wildman–Crippen MR) is 73.7 cm³/mol. The lowest BCUT2D eigenvalue weighted by Crippen LogP contribution is -2.37. The molecule has 1 aromatic heterocycles. The quantitative estimate of drug-likeness (QED) is 0.629. The number of rotatable bonds is 6. The topological polar surface area (TPSA) is 50.9 Å². The second kappa shape index (κ2) is 7.07. The molecule has 0 fully saturated rings. The van der Waals surface area contributed by atoms with Gasteiger partial charge in [0, 0.05) is 18.4 Å². The van der Waals surface area contributed by atoms with Crippen LogP contribution < -0.4 is 11.3 Å². The number of nitrogens with one attached hydrogen (secondary N) is 1. The highest BCUT2D eigenvalue weighted by molar-refractivity contribution is 5.20. The zero-order valence-electron chi connectivity index (χ0n) is 11.0. The smallest absolute Gasteiger partial charge is 0.162 e. The minimum absolute atomic E-state index is 0.119. The van der Waals surface area contributed by atoms with Crippen LogP contribution in [-0.4, -0.2) is 11.0 Å². The second-order valence-electron chi connectivity index (χ2n) is 4.68. The Hall–Kier alpha value is -1.85. The summed E-state index contributed by atoms with van der Waals surface area (Å²) in [4.78, 5) is 4.04. The molecule has 2 rings (SSSR count). The van der Waals surface area contributed by atoms with Gasteiger partial charge in [-0.05, 0) is 42.5 Å². The van der Waals surface area contributed by atoms with E-state index in [4.69, 9.17) is 5.84 Å². The molecule has 0 bridgehead atoms. The van der Waals surface area contributed by atoms with E-state index in [1.165, 1.54) is 6.07 Å². The first-order valence-corrected chi connectivity index (χ1v) is 6.48. The van der Waals surface area contributed by atoms with Crippen LogP contribution in [0.3, 0.4) is 0 Å². The molecule has 0 aliphatic rings. The maximum atomic E-state index is 13.6. The van der Waals surface area contributed by atoms with Crippen molar-refractivity contribution in [3.63, 3.8) is 0 Å². The van der Waals surface area contributed by atoms with Crippen LogP contribution in [0.1, 0.15) is 17.5 Å². The first-order chi connectivity index (χ1) is 9.70. The lowest BCUT2D eigenvalue weighted by atomic mass is 10.00. The second-order valence-corrected chi connectivity index (χ2v) is 4.68. The van der Waals surface area contributed by atoms with Gasteiger partial charge in [-0.3, -0.25) is 16.3 Å². The van der Waals surface area contributed by atoms with Crippen molar-refractivity contribution >= 4 is 0 Å². The molecule has 3 N–H and O–H groups in total. The zero-order valence-corrected chi connectivity index (χ0v) is 11.0. The molecule has 1 unspecified atom stereocenters. The van der Waals surface area contributed by atoms with Crippen molar-refractivity contribution in [2.45, 2.75) is 25.3 Å². The summed E-state index contributed by atoms with van der Waals surface area (Å²) >= 11 is 0. The highest BCUT2D eigenvalue weighted by Gasteiger charge is 2.13. The van der Waals surface area contributed by atoms with E-state index in [9.17, 15) is 8.78 Å². The van der Waals surface area contributed by atoms with Crippen LogP contribution in [0.5, 0.6) is 0 Å². The molecule has 0 radical (unpaired) electrons. The molecule has 0 saturated heterocycles. The van der Waals surface area contributed by atoms with Crippen LogP contribution in [0.15, 0.2) is 42.7 Å². The molecule has 20 heavy (non-hydrogen) atoms. The lowest BCUT2D eigenvalue weighted by molar-refractivity contribution is 0.460. The fraction of sp³-hybridized carbons (Fsp3) is 0.267. The summed E-state index contributed by atoms with van der Waals surface area (Å²) in [5.41, 5.74) is 4.08. The Balaban J connectivity index is 1.97. The summed E-state index contributed by atoms with van der Waals surface area (Å²) < 4.78 is 26.8. The third-order valence-electron chi connectivity index (χ3n) is 3.24. The fourth-order valence-electron chi connectivity index (χ4n) is 2.10. The van der Waals surface area contributed by atoms with Gasteiger partial charge in [-0.1, -0.05) is 18.2 Å². The van der Waals surface area contributed by atoms with E-state index in [0.717, 1.165) is 24.5 Å². The largest absolute Gasteiger partial charge is 0.271 e. The Kier molecular flexibility index (Phi) is 5.15. The first kappa shape index (κ1) is 14.6. The normalized spacial score (nSPS) is 12.3. The SMILES string of the molecule is NNC(CCc1cccnc1)Cc1cccc(F)c1F. The van der Waals surface area contributed by atoms with Crippen LogP contribution in [-0.2, 0) is 12.8 Å². The number of pyridine rings is 1. The van der Waals surface area contributed by atoms with E-state index in [0.29, 0.717) is 12.0 Å².